The van der Waals surface area contributed by atoms with Gasteiger partial charge < -0.3 is 145 Å². The summed E-state index contributed by atoms with van der Waals surface area (Å²) in [7, 11) is 7.12. The van der Waals surface area contributed by atoms with Crippen LogP contribution >= 0.6 is 0 Å². The first-order chi connectivity index (χ1) is 41.8. The van der Waals surface area contributed by atoms with Crippen LogP contribution in [0.25, 0.3) is 0 Å². The summed E-state index contributed by atoms with van der Waals surface area (Å²) < 4.78 is 142. The second kappa shape index (κ2) is 26.2. The largest absolute Gasteiger partial charge is 0.508 e. The summed E-state index contributed by atoms with van der Waals surface area (Å²) >= 11 is 0. The Kier molecular flexibility index (Phi) is 19.8. The molecule has 10 saturated heterocycles. The number of benzene rings is 1. The van der Waals surface area contributed by atoms with Crippen molar-refractivity contribution >= 4 is 5.97 Å². The van der Waals surface area contributed by atoms with E-state index in [1.807, 2.05) is 0 Å². The zero-order valence-corrected chi connectivity index (χ0v) is 51.1. The third-order valence-electron chi connectivity index (χ3n) is 18.6. The number of carbonyl (C=O) groups is 1. The van der Waals surface area contributed by atoms with Crippen molar-refractivity contribution in [3.63, 3.8) is 0 Å². The lowest BCUT2D eigenvalue weighted by molar-refractivity contribution is -0.422. The van der Waals surface area contributed by atoms with Crippen molar-refractivity contribution in [1.82, 2.24) is 0 Å². The van der Waals surface area contributed by atoms with Gasteiger partial charge in [0, 0.05) is 54.5 Å². The van der Waals surface area contributed by atoms with E-state index in [1.54, 1.807) is 41.5 Å². The van der Waals surface area contributed by atoms with E-state index in [-0.39, 0.29) is 62.8 Å². The van der Waals surface area contributed by atoms with Gasteiger partial charge in [-0.25, -0.2) is 4.79 Å². The number of aliphatic hydroxyl groups excluding tert-OH is 4. The molecule has 10 aliphatic rings. The van der Waals surface area contributed by atoms with E-state index in [9.17, 15) is 40.5 Å². The number of hydrogen-bond donors (Lipinski definition) is 7. The number of fused-ring (bicyclic) bond motifs is 4. The van der Waals surface area contributed by atoms with Crippen LogP contribution in [-0.4, -0.2) is 293 Å². The number of carbonyl (C=O) groups excluding carboxylic acids is 1. The van der Waals surface area contributed by atoms with Crippen molar-refractivity contribution in [2.45, 2.75) is 257 Å². The highest BCUT2D eigenvalue weighted by molar-refractivity contribution is 5.94. The zero-order valence-electron chi connectivity index (χ0n) is 51.1. The molecule has 1 aromatic rings. The highest BCUT2D eigenvalue weighted by atomic mass is 16.9. The van der Waals surface area contributed by atoms with Crippen molar-refractivity contribution in [3.05, 3.63) is 23.3 Å². The predicted molar refractivity (Wildman–Crippen MR) is 285 cm³/mol. The van der Waals surface area contributed by atoms with E-state index >= 15 is 0 Å². The molecule has 2 spiro atoms. The predicted octanol–water partition coefficient (Wildman–Crippen LogP) is -1.05. The molecule has 0 saturated carbocycles. The Morgan fingerprint density at radius 2 is 1.38 bits per heavy atom. The molecule has 0 aromatic heterocycles. The summed E-state index contributed by atoms with van der Waals surface area (Å²) in [6.45, 7) is 11.1. The number of methoxy groups -OCH3 is 5. The minimum atomic E-state index is -1.81. The van der Waals surface area contributed by atoms with Crippen LogP contribution in [0, 0.1) is 6.92 Å². The van der Waals surface area contributed by atoms with Crippen molar-refractivity contribution in [2.24, 2.45) is 0 Å². The molecule has 10 fully saturated rings. The molecular weight excluding hydrogens is 1180 g/mol. The van der Waals surface area contributed by atoms with Crippen LogP contribution in [0.4, 0.5) is 0 Å². The number of aromatic hydroxyl groups is 2. The van der Waals surface area contributed by atoms with Gasteiger partial charge in [0.05, 0.1) is 69.0 Å². The third-order valence-corrected chi connectivity index (χ3v) is 18.6. The molecule has 0 bridgehead atoms. The van der Waals surface area contributed by atoms with Crippen molar-refractivity contribution < 1.29 is 149 Å². The summed E-state index contributed by atoms with van der Waals surface area (Å²) in [6.07, 6.45) is -29.1. The SMILES string of the molecule is COC[C@H]1O[C@@H](O[C@@H]2OC[C@@H]3O[C@@]4(OC[C@@](O)(C(C)OC)[C@@H]5OCO[C@H]54)O[C@H]3[C@H]2OC)[C@@H](OC)[C@@H](O)[C@@H]1O[C@@H]1O[C@H](C)[C@H](OC)[C@H](O[C@H]2C[C@@]3(C)O[C@@]4(C[C@@H](O)[C@H](O[C@H]5C[C@@H](O)[C@H](OC(=O)c6c(C)cc(O)cc6O)[C@@H](C)O5)[C@@H](C)O4)O[C@@H]3[C@@H](C)O2)[C@H]1O. The van der Waals surface area contributed by atoms with Crippen molar-refractivity contribution in [2.75, 3.05) is 62.2 Å². The van der Waals surface area contributed by atoms with E-state index in [0.717, 1.165) is 6.07 Å². The fourth-order valence-electron chi connectivity index (χ4n) is 14.1. The Morgan fingerprint density at radius 1 is 0.670 bits per heavy atom. The average Bonchev–Trinajstić information content (AvgIpc) is 1.57. The van der Waals surface area contributed by atoms with Crippen molar-refractivity contribution in [3.8, 4) is 11.5 Å². The fraction of sp³-hybridized carbons (Fsp3) is 0.877. The van der Waals surface area contributed by atoms with Crippen molar-refractivity contribution in [1.29, 1.82) is 0 Å². The molecule has 0 aliphatic carbocycles. The Balaban J connectivity index is 0.705. The maximum atomic E-state index is 13.1. The second-order valence-electron chi connectivity index (χ2n) is 24.5. The van der Waals surface area contributed by atoms with Crippen LogP contribution in [0.1, 0.15) is 76.7 Å². The molecule has 11 rings (SSSR count). The first-order valence-electron chi connectivity index (χ1n) is 29.7. The Labute approximate surface area is 507 Å². The minimum absolute atomic E-state index is 0.0378. The number of aliphatic hydroxyl groups is 5. The summed E-state index contributed by atoms with van der Waals surface area (Å²) in [4.78, 5) is 13.1. The summed E-state index contributed by atoms with van der Waals surface area (Å²) in [5.41, 5.74) is -2.65. The van der Waals surface area contributed by atoms with Crippen LogP contribution in [0.3, 0.4) is 0 Å². The Hall–Kier alpha value is -2.79. The van der Waals surface area contributed by atoms with E-state index < -0.39 is 201 Å². The molecule has 31 heteroatoms. The Bertz CT molecular complexity index is 2500. The number of esters is 1. The van der Waals surface area contributed by atoms with Gasteiger partial charge >= 0.3 is 11.9 Å². The van der Waals surface area contributed by atoms with Gasteiger partial charge in [0.15, 0.2) is 43.7 Å². The van der Waals surface area contributed by atoms with Gasteiger partial charge in [-0.1, -0.05) is 0 Å². The topological polar surface area (TPSA) is 371 Å². The number of ether oxygens (including phenoxy) is 23. The van der Waals surface area contributed by atoms with Gasteiger partial charge in [0.2, 0.25) is 0 Å². The molecular formula is C57H86O31. The number of phenolic OH excluding ortho intramolecular Hbond substituents is 2. The smallest absolute Gasteiger partial charge is 0.342 e. The molecule has 1 unspecified atom stereocenters. The van der Waals surface area contributed by atoms with Gasteiger partial charge in [-0.2, -0.15) is 0 Å². The summed E-state index contributed by atoms with van der Waals surface area (Å²) in [6, 6.07) is 2.31. The molecule has 7 N–H and O–H groups in total. The van der Waals surface area contributed by atoms with Crippen LogP contribution in [0.2, 0.25) is 0 Å². The highest BCUT2D eigenvalue weighted by Gasteiger charge is 2.71. The summed E-state index contributed by atoms with van der Waals surface area (Å²) in [5, 5.41) is 79.0. The molecule has 31 atom stereocenters. The van der Waals surface area contributed by atoms with Gasteiger partial charge in [0.1, 0.15) is 114 Å². The molecule has 0 radical (unpaired) electrons. The molecule has 1 aromatic carbocycles. The first-order valence-corrected chi connectivity index (χ1v) is 29.7. The van der Waals surface area contributed by atoms with E-state index in [4.69, 9.17) is 109 Å². The zero-order chi connectivity index (χ0) is 63.1. The second-order valence-corrected chi connectivity index (χ2v) is 24.5. The van der Waals surface area contributed by atoms with E-state index in [2.05, 4.69) is 0 Å². The van der Waals surface area contributed by atoms with Crippen LogP contribution in [0.5, 0.6) is 11.5 Å². The quantitative estimate of drug-likeness (QED) is 0.0915. The third kappa shape index (κ3) is 12.3. The molecule has 31 nitrogen and oxygen atoms in total. The fourth-order valence-corrected chi connectivity index (χ4v) is 14.1. The number of hydrogen-bond acceptors (Lipinski definition) is 31. The number of rotatable bonds is 17. The van der Waals surface area contributed by atoms with E-state index in [0.29, 0.717) is 0 Å². The molecule has 88 heavy (non-hydrogen) atoms. The first kappa shape index (κ1) is 66.7. The summed E-state index contributed by atoms with van der Waals surface area (Å²) in [5.74, 6) is -5.22. The monoisotopic (exact) mass is 1270 g/mol. The normalized spacial score (nSPS) is 49.7. The molecule has 0 amide bonds. The average molecular weight is 1270 g/mol. The van der Waals surface area contributed by atoms with Crippen LogP contribution < -0.4 is 0 Å². The highest BCUT2D eigenvalue weighted by Crippen LogP contribution is 2.52. The lowest BCUT2D eigenvalue weighted by atomic mass is 9.85. The number of phenols is 2. The van der Waals surface area contributed by atoms with Gasteiger partial charge in [-0.15, -0.1) is 0 Å². The van der Waals surface area contributed by atoms with E-state index in [1.165, 1.54) is 48.5 Å². The molecule has 500 valence electrons. The van der Waals surface area contributed by atoms with Gasteiger partial charge in [0.25, 0.3) is 5.97 Å². The van der Waals surface area contributed by atoms with Crippen LogP contribution in [0.15, 0.2) is 12.1 Å². The minimum Gasteiger partial charge on any atom is -0.508 e. The molecule has 10 heterocycles. The van der Waals surface area contributed by atoms with Crippen LogP contribution in [-0.2, 0) is 109 Å². The molecule has 10 aliphatic heterocycles. The van der Waals surface area contributed by atoms with Gasteiger partial charge in [-0.3, -0.25) is 0 Å². The Morgan fingerprint density at radius 3 is 2.06 bits per heavy atom. The maximum absolute atomic E-state index is 13.1. The maximum Gasteiger partial charge on any atom is 0.342 e. The number of aryl methyl sites for hydroxylation is 1. The van der Waals surface area contributed by atoms with Gasteiger partial charge in [-0.05, 0) is 60.1 Å². The standard InChI is InChI=1S/C57H86O31/c1-22-13-28(58)14-29(59)36(22)50(64)81-39-23(2)75-34(15-30(39)60)79-40-25(4)84-56(16-31(40)61)87-47-26(5)76-35(17-54(47,7)88-56)80-44-38(63)51(77-24(3)41(44)68-10)82-42-32(18-66-8)78-53(45(69-11)37(42)62)83-52-46(70-12)43-33(19-71-52)85-57(86-43)49-48(72-21-73-49)55(65,20-74-57)27(6)67-9/h13-14,23-27,30-35,37-49,51-53,58-63,65H,15-21H2,1-12H3/t23-,24-,25-,26-,27?,30-,31-,32-,33+,34+,35+,37+,38-,39-,40-,41+,42-,43-,44-,45+,46-,47-,48-,49-,51+,52+,53+,54-,55-,56-,57-/m1/s1. The lowest BCUT2D eigenvalue weighted by Gasteiger charge is -2.49. The lowest BCUT2D eigenvalue weighted by Crippen LogP contribution is -2.69.